The van der Waals surface area contributed by atoms with Crippen molar-refractivity contribution in [1.29, 1.82) is 0 Å². The second-order valence-corrected chi connectivity index (χ2v) is 13.3. The molecule has 4 atom stereocenters. The Morgan fingerprint density at radius 3 is 2.58 bits per heavy atom. The molecule has 11 heteroatoms. The van der Waals surface area contributed by atoms with Crippen molar-refractivity contribution in [2.75, 3.05) is 37.9 Å². The maximum atomic E-state index is 15.0. The second kappa shape index (κ2) is 13.7. The van der Waals surface area contributed by atoms with E-state index in [1.165, 1.54) is 12.3 Å². The molecule has 0 aliphatic carbocycles. The van der Waals surface area contributed by atoms with Crippen LogP contribution in [0.1, 0.15) is 49.7 Å². The van der Waals surface area contributed by atoms with Crippen LogP contribution in [-0.2, 0) is 26.0 Å². The number of piperazine rings is 1. The number of benzene rings is 2. The van der Waals surface area contributed by atoms with Crippen LogP contribution in [0.5, 0.6) is 0 Å². The highest BCUT2D eigenvalue weighted by Gasteiger charge is 2.35. The average molecular weight is 595 g/mol. The van der Waals surface area contributed by atoms with Crippen molar-refractivity contribution in [3.63, 3.8) is 0 Å². The van der Waals surface area contributed by atoms with E-state index >= 15 is 4.39 Å². The quantitative estimate of drug-likeness (QED) is 0.384. The number of sulfonamides is 1. The van der Waals surface area contributed by atoms with E-state index < -0.39 is 21.9 Å². The highest BCUT2D eigenvalue weighted by atomic mass is 35.5. The van der Waals surface area contributed by atoms with E-state index in [0.29, 0.717) is 61.8 Å². The number of rotatable bonds is 10. The summed E-state index contributed by atoms with van der Waals surface area (Å²) < 4.78 is 46.9. The van der Waals surface area contributed by atoms with Gasteiger partial charge in [-0.25, -0.2) is 12.8 Å². The number of ether oxygens (including phenoxy) is 1. The summed E-state index contributed by atoms with van der Waals surface area (Å²) in [5.41, 5.74) is 8.33. The highest BCUT2D eigenvalue weighted by molar-refractivity contribution is 7.88. The minimum absolute atomic E-state index is 0.150. The van der Waals surface area contributed by atoms with Gasteiger partial charge >= 0.3 is 0 Å². The van der Waals surface area contributed by atoms with Crippen LogP contribution in [0, 0.1) is 11.7 Å². The van der Waals surface area contributed by atoms with Gasteiger partial charge in [0, 0.05) is 60.6 Å². The Labute approximate surface area is 241 Å². The molecule has 4 N–H and O–H groups in total. The molecule has 0 bridgehead atoms. The molecule has 0 saturated carbocycles. The third kappa shape index (κ3) is 7.60. The van der Waals surface area contributed by atoms with Gasteiger partial charge < -0.3 is 21.1 Å². The van der Waals surface area contributed by atoms with Gasteiger partial charge in [0.1, 0.15) is 5.82 Å². The summed E-state index contributed by atoms with van der Waals surface area (Å²) in [6.07, 6.45) is 4.27. The van der Waals surface area contributed by atoms with E-state index in [9.17, 15) is 13.2 Å². The summed E-state index contributed by atoms with van der Waals surface area (Å²) in [6.45, 7) is 4.25. The largest absolute Gasteiger partial charge is 0.381 e. The number of carbonyl (C=O) groups is 1. The summed E-state index contributed by atoms with van der Waals surface area (Å²) in [4.78, 5) is 13.5. The fraction of sp³-hybridized carbons (Fsp3) is 0.552. The smallest absolute Gasteiger partial charge is 0.241 e. The fourth-order valence-electron chi connectivity index (χ4n) is 6.18. The lowest BCUT2D eigenvalue weighted by molar-refractivity contribution is -0.118. The van der Waals surface area contributed by atoms with Crippen LogP contribution in [0.3, 0.4) is 0 Å². The monoisotopic (exact) mass is 594 g/mol. The van der Waals surface area contributed by atoms with Crippen LogP contribution in [0.15, 0.2) is 42.5 Å². The molecule has 2 saturated heterocycles. The molecule has 2 fully saturated rings. The number of nitrogens with two attached hydrogens (primary N) is 1. The average Bonchev–Trinajstić information content (AvgIpc) is 2.91. The van der Waals surface area contributed by atoms with Gasteiger partial charge in [0.05, 0.1) is 12.3 Å². The van der Waals surface area contributed by atoms with Crippen molar-refractivity contribution in [3.05, 3.63) is 64.4 Å². The SMILES string of the molecule is CC1CNCC(CCCc2c(F)cccc2NC(=O)C(N)C(c2ccc(Cl)cc2)C2CCOCC2)N1S(C)(=O)=O. The first kappa shape index (κ1) is 30.9. The molecular weight excluding hydrogens is 555 g/mol. The third-order valence-electron chi connectivity index (χ3n) is 8.06. The molecule has 1 amide bonds. The number of anilines is 1. The third-order valence-corrected chi connectivity index (χ3v) is 9.73. The lowest BCUT2D eigenvalue weighted by Gasteiger charge is -2.39. The minimum Gasteiger partial charge on any atom is -0.381 e. The standard InChI is InChI=1S/C29H40ClFN4O4S/c1-19-17-33-18-23(35(19)40(2,37)38)5-3-6-24-25(31)7-4-8-26(24)34-29(36)28(32)27(21-13-15-39-16-14-21)20-9-11-22(30)12-10-20/h4,7-12,19,21,23,27-28,33H,3,5-6,13-18,32H2,1-2H3,(H,34,36). The van der Waals surface area contributed by atoms with Crippen LogP contribution in [0.2, 0.25) is 5.02 Å². The van der Waals surface area contributed by atoms with E-state index in [1.807, 2.05) is 19.1 Å². The fourth-order valence-corrected chi connectivity index (χ4v) is 7.76. The first-order valence-corrected chi connectivity index (χ1v) is 16.1. The van der Waals surface area contributed by atoms with E-state index in [-0.39, 0.29) is 29.8 Å². The predicted molar refractivity (Wildman–Crippen MR) is 156 cm³/mol. The van der Waals surface area contributed by atoms with Crippen molar-refractivity contribution >= 4 is 33.2 Å². The minimum atomic E-state index is -3.37. The molecular formula is C29H40ClFN4O4S. The highest BCUT2D eigenvalue weighted by Crippen LogP contribution is 2.35. The van der Waals surface area contributed by atoms with Gasteiger partial charge in [-0.3, -0.25) is 4.79 Å². The number of halogens is 2. The molecule has 220 valence electrons. The van der Waals surface area contributed by atoms with Crippen molar-refractivity contribution in [1.82, 2.24) is 9.62 Å². The maximum absolute atomic E-state index is 15.0. The molecule has 4 rings (SSSR count). The van der Waals surface area contributed by atoms with E-state index in [1.54, 1.807) is 28.6 Å². The molecule has 4 unspecified atom stereocenters. The van der Waals surface area contributed by atoms with Gasteiger partial charge in [0.2, 0.25) is 15.9 Å². The van der Waals surface area contributed by atoms with Crippen LogP contribution in [-0.4, -0.2) is 69.3 Å². The molecule has 2 aliphatic rings. The van der Waals surface area contributed by atoms with E-state index in [4.69, 9.17) is 22.1 Å². The summed E-state index contributed by atoms with van der Waals surface area (Å²) in [5, 5.41) is 6.79. The zero-order chi connectivity index (χ0) is 28.9. The van der Waals surface area contributed by atoms with Crippen molar-refractivity contribution in [3.8, 4) is 0 Å². The molecule has 2 aromatic rings. The van der Waals surface area contributed by atoms with Gasteiger partial charge in [0.15, 0.2) is 0 Å². The van der Waals surface area contributed by atoms with Crippen LogP contribution < -0.4 is 16.4 Å². The van der Waals surface area contributed by atoms with Crippen LogP contribution in [0.4, 0.5) is 10.1 Å². The Morgan fingerprint density at radius 2 is 1.90 bits per heavy atom. The second-order valence-electron chi connectivity index (χ2n) is 11.0. The molecule has 0 radical (unpaired) electrons. The Morgan fingerprint density at radius 1 is 1.20 bits per heavy atom. The Balaban J connectivity index is 1.48. The van der Waals surface area contributed by atoms with Crippen LogP contribution in [0.25, 0.3) is 0 Å². The zero-order valence-electron chi connectivity index (χ0n) is 23.1. The summed E-state index contributed by atoms with van der Waals surface area (Å²) in [7, 11) is -3.37. The van der Waals surface area contributed by atoms with Crippen LogP contribution >= 0.6 is 11.6 Å². The number of carbonyl (C=O) groups excluding carboxylic acids is 1. The van der Waals surface area contributed by atoms with Crippen molar-refractivity contribution in [2.45, 2.75) is 63.1 Å². The molecule has 8 nitrogen and oxygen atoms in total. The predicted octanol–water partition coefficient (Wildman–Crippen LogP) is 3.90. The van der Waals surface area contributed by atoms with E-state index in [0.717, 1.165) is 18.4 Å². The summed E-state index contributed by atoms with van der Waals surface area (Å²) in [6, 6.07) is 10.8. The molecule has 2 aliphatic heterocycles. The van der Waals surface area contributed by atoms with Gasteiger partial charge in [-0.15, -0.1) is 0 Å². The zero-order valence-corrected chi connectivity index (χ0v) is 24.7. The number of hydrogen-bond donors (Lipinski definition) is 3. The maximum Gasteiger partial charge on any atom is 0.241 e. The van der Waals surface area contributed by atoms with Gasteiger partial charge in [-0.1, -0.05) is 29.8 Å². The first-order chi connectivity index (χ1) is 19.1. The van der Waals surface area contributed by atoms with Gasteiger partial charge in [0.25, 0.3) is 0 Å². The Bertz CT molecular complexity index is 1260. The number of nitrogens with zero attached hydrogens (tertiary/aromatic N) is 1. The van der Waals surface area contributed by atoms with Crippen molar-refractivity contribution < 1.29 is 22.3 Å². The Kier molecular flexibility index (Phi) is 10.6. The number of nitrogens with one attached hydrogen (secondary N) is 2. The van der Waals surface area contributed by atoms with E-state index in [2.05, 4.69) is 10.6 Å². The number of hydrogen-bond acceptors (Lipinski definition) is 6. The van der Waals surface area contributed by atoms with Gasteiger partial charge in [-0.2, -0.15) is 4.31 Å². The molecule has 0 spiro atoms. The molecule has 0 aromatic heterocycles. The molecule has 2 heterocycles. The molecule has 40 heavy (non-hydrogen) atoms. The Hall–Kier alpha value is -2.08. The first-order valence-electron chi connectivity index (χ1n) is 13.9. The number of amides is 1. The summed E-state index contributed by atoms with van der Waals surface area (Å²) in [5.74, 6) is -0.889. The lowest BCUT2D eigenvalue weighted by atomic mass is 9.76. The summed E-state index contributed by atoms with van der Waals surface area (Å²) >= 11 is 6.11. The topological polar surface area (TPSA) is 114 Å². The van der Waals surface area contributed by atoms with Gasteiger partial charge in [-0.05, 0) is 74.8 Å². The lowest BCUT2D eigenvalue weighted by Crippen LogP contribution is -2.57. The molecule has 2 aromatic carbocycles. The normalized spacial score (nSPS) is 22.5. The van der Waals surface area contributed by atoms with Crippen molar-refractivity contribution in [2.24, 2.45) is 11.7 Å².